The first-order valence-corrected chi connectivity index (χ1v) is 4.07. The maximum absolute atomic E-state index is 10.5. The monoisotopic (exact) mass is 220 g/mol. The van der Waals surface area contributed by atoms with Crippen molar-refractivity contribution in [3.8, 4) is 11.5 Å². The summed E-state index contributed by atoms with van der Waals surface area (Å²) in [6, 6.07) is 1.32. The Morgan fingerprint density at radius 2 is 2.08 bits per heavy atom. The summed E-state index contributed by atoms with van der Waals surface area (Å²) in [6.07, 6.45) is 0.538. The lowest BCUT2D eigenvalue weighted by Gasteiger charge is -2.07. The third-order valence-corrected chi connectivity index (χ3v) is 2.39. The number of phenols is 1. The van der Waals surface area contributed by atoms with Gasteiger partial charge < -0.3 is 9.84 Å². The van der Waals surface area contributed by atoms with Crippen LogP contribution < -0.4 is 4.74 Å². The molecule has 5 heteroatoms. The summed E-state index contributed by atoms with van der Waals surface area (Å²) in [6.45, 7) is 0. The van der Waals surface area contributed by atoms with Gasteiger partial charge in [-0.15, -0.1) is 0 Å². The van der Waals surface area contributed by atoms with E-state index in [1.165, 1.54) is 13.2 Å². The summed E-state index contributed by atoms with van der Waals surface area (Å²) in [7, 11) is 1.36. The zero-order valence-electron chi connectivity index (χ0n) is 6.67. The average molecular weight is 221 g/mol. The SMILES string of the molecule is COc1cc(C=O)c(Cl)c(Cl)c1O. The highest BCUT2D eigenvalue weighted by molar-refractivity contribution is 6.44. The molecule has 0 fully saturated rings. The Morgan fingerprint density at radius 3 is 2.54 bits per heavy atom. The summed E-state index contributed by atoms with van der Waals surface area (Å²) < 4.78 is 4.77. The van der Waals surface area contributed by atoms with E-state index in [-0.39, 0.29) is 27.1 Å². The standard InChI is InChI=1S/C8H6Cl2O3/c1-13-5-2-4(3-11)6(9)7(10)8(5)12/h2-3,12H,1H3. The lowest BCUT2D eigenvalue weighted by Crippen LogP contribution is -1.89. The number of aldehydes is 1. The van der Waals surface area contributed by atoms with Gasteiger partial charge in [0.05, 0.1) is 12.1 Å². The Bertz CT molecular complexity index is 350. The summed E-state index contributed by atoms with van der Waals surface area (Å²) >= 11 is 11.3. The van der Waals surface area contributed by atoms with Crippen LogP contribution in [-0.4, -0.2) is 18.5 Å². The van der Waals surface area contributed by atoms with Crippen molar-refractivity contribution in [3.63, 3.8) is 0 Å². The van der Waals surface area contributed by atoms with Gasteiger partial charge in [-0.1, -0.05) is 23.2 Å². The number of ether oxygens (including phenoxy) is 1. The third kappa shape index (κ3) is 1.71. The predicted molar refractivity (Wildman–Crippen MR) is 50.1 cm³/mol. The maximum Gasteiger partial charge on any atom is 0.178 e. The maximum atomic E-state index is 10.5. The van der Waals surface area contributed by atoms with Crippen LogP contribution in [0.2, 0.25) is 10.0 Å². The Hall–Kier alpha value is -0.930. The van der Waals surface area contributed by atoms with Crippen LogP contribution >= 0.6 is 23.2 Å². The van der Waals surface area contributed by atoms with Crippen LogP contribution in [0.15, 0.2) is 6.07 Å². The third-order valence-electron chi connectivity index (χ3n) is 1.52. The van der Waals surface area contributed by atoms with Crippen LogP contribution in [0.5, 0.6) is 11.5 Å². The fourth-order valence-electron chi connectivity index (χ4n) is 0.853. The number of rotatable bonds is 2. The zero-order valence-corrected chi connectivity index (χ0v) is 8.19. The van der Waals surface area contributed by atoms with Gasteiger partial charge in [-0.2, -0.15) is 0 Å². The number of halogens is 2. The molecule has 0 unspecified atom stereocenters. The van der Waals surface area contributed by atoms with E-state index in [0.29, 0.717) is 6.29 Å². The van der Waals surface area contributed by atoms with Gasteiger partial charge >= 0.3 is 0 Å². The molecule has 0 heterocycles. The molecule has 0 aromatic heterocycles. The second-order valence-electron chi connectivity index (χ2n) is 2.26. The Labute approximate surface area is 84.8 Å². The van der Waals surface area contributed by atoms with Gasteiger partial charge in [0, 0.05) is 5.56 Å². The van der Waals surface area contributed by atoms with E-state index in [1.54, 1.807) is 0 Å². The van der Waals surface area contributed by atoms with Crippen LogP contribution in [-0.2, 0) is 0 Å². The van der Waals surface area contributed by atoms with Crippen molar-refractivity contribution in [2.75, 3.05) is 7.11 Å². The first-order chi connectivity index (χ1) is 6.11. The van der Waals surface area contributed by atoms with Crippen molar-refractivity contribution in [1.82, 2.24) is 0 Å². The van der Waals surface area contributed by atoms with Crippen molar-refractivity contribution in [3.05, 3.63) is 21.7 Å². The average Bonchev–Trinajstić information content (AvgIpc) is 2.15. The fourth-order valence-corrected chi connectivity index (χ4v) is 1.24. The van der Waals surface area contributed by atoms with E-state index in [0.717, 1.165) is 0 Å². The fraction of sp³-hybridized carbons (Fsp3) is 0.125. The summed E-state index contributed by atoms with van der Waals surface area (Å²) in [4.78, 5) is 10.5. The van der Waals surface area contributed by atoms with E-state index in [1.807, 2.05) is 0 Å². The first-order valence-electron chi connectivity index (χ1n) is 3.32. The van der Waals surface area contributed by atoms with E-state index >= 15 is 0 Å². The van der Waals surface area contributed by atoms with Gasteiger partial charge in [0.15, 0.2) is 17.8 Å². The molecule has 0 aliphatic rings. The van der Waals surface area contributed by atoms with Crippen molar-refractivity contribution in [2.24, 2.45) is 0 Å². The zero-order chi connectivity index (χ0) is 10.0. The van der Waals surface area contributed by atoms with Crippen molar-refractivity contribution >= 4 is 29.5 Å². The lowest BCUT2D eigenvalue weighted by molar-refractivity contribution is 0.112. The molecule has 0 amide bonds. The quantitative estimate of drug-likeness (QED) is 0.780. The minimum atomic E-state index is -0.264. The van der Waals surface area contributed by atoms with E-state index in [9.17, 15) is 9.90 Å². The number of aromatic hydroxyl groups is 1. The molecule has 0 saturated carbocycles. The summed E-state index contributed by atoms with van der Waals surface area (Å²) in [5.41, 5.74) is 0.182. The molecule has 0 atom stereocenters. The molecule has 0 saturated heterocycles. The van der Waals surface area contributed by atoms with Crippen molar-refractivity contribution in [2.45, 2.75) is 0 Å². The van der Waals surface area contributed by atoms with Crippen LogP contribution in [0.3, 0.4) is 0 Å². The number of carbonyl (C=O) groups excluding carboxylic acids is 1. The van der Waals surface area contributed by atoms with Crippen LogP contribution in [0.4, 0.5) is 0 Å². The van der Waals surface area contributed by atoms with Gasteiger partial charge in [0.2, 0.25) is 0 Å². The number of hydrogen-bond donors (Lipinski definition) is 1. The largest absolute Gasteiger partial charge is 0.503 e. The number of benzene rings is 1. The van der Waals surface area contributed by atoms with Crippen molar-refractivity contribution < 1.29 is 14.6 Å². The topological polar surface area (TPSA) is 46.5 Å². The molecule has 0 bridgehead atoms. The van der Waals surface area contributed by atoms with E-state index in [4.69, 9.17) is 27.9 Å². The number of hydrogen-bond acceptors (Lipinski definition) is 3. The molecule has 3 nitrogen and oxygen atoms in total. The highest BCUT2D eigenvalue weighted by Gasteiger charge is 2.14. The molecule has 0 aliphatic heterocycles. The second kappa shape index (κ2) is 3.85. The molecule has 0 aliphatic carbocycles. The van der Waals surface area contributed by atoms with E-state index < -0.39 is 0 Å². The highest BCUT2D eigenvalue weighted by atomic mass is 35.5. The predicted octanol–water partition coefficient (Wildman–Crippen LogP) is 2.52. The van der Waals surface area contributed by atoms with E-state index in [2.05, 4.69) is 0 Å². The first kappa shape index (κ1) is 10.2. The molecule has 1 rings (SSSR count). The van der Waals surface area contributed by atoms with Crippen molar-refractivity contribution in [1.29, 1.82) is 0 Å². The molecular formula is C8H6Cl2O3. The minimum Gasteiger partial charge on any atom is -0.503 e. The van der Waals surface area contributed by atoms with Gasteiger partial charge in [-0.25, -0.2) is 0 Å². The molecule has 0 radical (unpaired) electrons. The normalized spacial score (nSPS) is 9.77. The van der Waals surface area contributed by atoms with Crippen LogP contribution in [0.25, 0.3) is 0 Å². The van der Waals surface area contributed by atoms with Crippen LogP contribution in [0.1, 0.15) is 10.4 Å². The summed E-state index contributed by atoms with van der Waals surface area (Å²) in [5, 5.41) is 9.28. The highest BCUT2D eigenvalue weighted by Crippen LogP contribution is 2.40. The smallest absolute Gasteiger partial charge is 0.178 e. The Morgan fingerprint density at radius 1 is 1.46 bits per heavy atom. The van der Waals surface area contributed by atoms with Gasteiger partial charge in [0.1, 0.15) is 5.02 Å². The van der Waals surface area contributed by atoms with Gasteiger partial charge in [-0.05, 0) is 6.07 Å². The van der Waals surface area contributed by atoms with Crippen LogP contribution in [0, 0.1) is 0 Å². The number of methoxy groups -OCH3 is 1. The number of carbonyl (C=O) groups is 1. The molecule has 1 aromatic rings. The molecule has 13 heavy (non-hydrogen) atoms. The Balaban J connectivity index is 3.45. The molecule has 1 aromatic carbocycles. The summed E-state index contributed by atoms with van der Waals surface area (Å²) in [5.74, 6) is -0.142. The molecule has 1 N–H and O–H groups in total. The molecular weight excluding hydrogens is 215 g/mol. The second-order valence-corrected chi connectivity index (χ2v) is 3.02. The lowest BCUT2D eigenvalue weighted by atomic mass is 10.2. The minimum absolute atomic E-state index is 0.0231. The Kier molecular flexibility index (Phi) is 3.01. The molecule has 70 valence electrons. The molecule has 0 spiro atoms. The number of phenolic OH excluding ortho intramolecular Hbond substituents is 1. The van der Waals surface area contributed by atoms with Gasteiger partial charge in [-0.3, -0.25) is 4.79 Å². The van der Waals surface area contributed by atoms with Gasteiger partial charge in [0.25, 0.3) is 0 Å².